The van der Waals surface area contributed by atoms with Crippen molar-refractivity contribution in [3.8, 4) is 5.75 Å². The third kappa shape index (κ3) is 4.51. The number of nitrogens with one attached hydrogen (secondary N) is 1. The van der Waals surface area contributed by atoms with Crippen LogP contribution in [0.1, 0.15) is 18.9 Å². The predicted octanol–water partition coefficient (Wildman–Crippen LogP) is 1.54. The molecule has 1 aliphatic rings. The zero-order valence-electron chi connectivity index (χ0n) is 11.4. The lowest BCUT2D eigenvalue weighted by Gasteiger charge is -2.18. The van der Waals surface area contributed by atoms with Crippen molar-refractivity contribution in [3.05, 3.63) is 29.8 Å². The molecule has 106 valence electrons. The number of benzene rings is 1. The van der Waals surface area contributed by atoms with Gasteiger partial charge in [-0.1, -0.05) is 17.7 Å². The first-order valence-electron chi connectivity index (χ1n) is 6.60. The first-order chi connectivity index (χ1) is 8.94. The van der Waals surface area contributed by atoms with Crippen LogP contribution < -0.4 is 10.1 Å². The van der Waals surface area contributed by atoms with Crippen LogP contribution >= 0.6 is 0 Å². The second-order valence-electron chi connectivity index (χ2n) is 5.29. The van der Waals surface area contributed by atoms with E-state index in [9.17, 15) is 8.42 Å². The van der Waals surface area contributed by atoms with Crippen molar-refractivity contribution in [1.29, 1.82) is 0 Å². The van der Waals surface area contributed by atoms with Gasteiger partial charge in [-0.2, -0.15) is 0 Å². The van der Waals surface area contributed by atoms with Crippen LogP contribution in [0.4, 0.5) is 0 Å². The maximum absolute atomic E-state index is 11.4. The van der Waals surface area contributed by atoms with Crippen LogP contribution in [0.3, 0.4) is 0 Å². The summed E-state index contributed by atoms with van der Waals surface area (Å²) in [5.74, 6) is 1.40. The Bertz CT molecular complexity index is 510. The number of sulfone groups is 1. The third-order valence-corrected chi connectivity index (χ3v) is 5.04. The monoisotopic (exact) mass is 283 g/mol. The zero-order valence-corrected chi connectivity index (χ0v) is 12.2. The normalized spacial score (nSPS) is 23.2. The molecule has 0 bridgehead atoms. The molecule has 0 aliphatic carbocycles. The van der Waals surface area contributed by atoms with Gasteiger partial charge in [0, 0.05) is 12.1 Å². The van der Waals surface area contributed by atoms with Gasteiger partial charge in [0.05, 0.1) is 11.5 Å². The Morgan fingerprint density at radius 2 is 2.05 bits per heavy atom. The lowest BCUT2D eigenvalue weighted by molar-refractivity contribution is 0.264. The first-order valence-corrected chi connectivity index (χ1v) is 8.43. The minimum Gasteiger partial charge on any atom is -0.492 e. The molecule has 0 radical (unpaired) electrons. The summed E-state index contributed by atoms with van der Waals surface area (Å²) in [7, 11) is -2.82. The first kappa shape index (κ1) is 14.3. The van der Waals surface area contributed by atoms with Gasteiger partial charge in [-0.05, 0) is 32.4 Å². The summed E-state index contributed by atoms with van der Waals surface area (Å²) in [4.78, 5) is 0. The van der Waals surface area contributed by atoms with Crippen LogP contribution in [0.2, 0.25) is 0 Å². The molecule has 1 aromatic rings. The molecule has 19 heavy (non-hydrogen) atoms. The van der Waals surface area contributed by atoms with Gasteiger partial charge in [0.1, 0.15) is 12.4 Å². The van der Waals surface area contributed by atoms with Crippen LogP contribution in [0.25, 0.3) is 0 Å². The zero-order chi connectivity index (χ0) is 13.9. The molecule has 1 heterocycles. The Morgan fingerprint density at radius 1 is 1.37 bits per heavy atom. The van der Waals surface area contributed by atoms with Crippen LogP contribution in [0, 0.1) is 6.92 Å². The average Bonchev–Trinajstić information content (AvgIpc) is 2.68. The number of ether oxygens (including phenoxy) is 1. The van der Waals surface area contributed by atoms with Gasteiger partial charge in [0.15, 0.2) is 9.84 Å². The van der Waals surface area contributed by atoms with E-state index in [0.717, 1.165) is 5.75 Å². The number of hydrogen-bond donors (Lipinski definition) is 1. The van der Waals surface area contributed by atoms with E-state index in [1.807, 2.05) is 38.1 Å². The molecule has 1 N–H and O–H groups in total. The second kappa shape index (κ2) is 5.92. The smallest absolute Gasteiger partial charge is 0.151 e. The Labute approximate surface area is 115 Å². The van der Waals surface area contributed by atoms with Gasteiger partial charge in [0.25, 0.3) is 0 Å². The molecule has 0 aromatic heterocycles. The SMILES string of the molecule is Cc1ccc(OCC(C)NC2CCS(=O)(=O)C2)cc1. The summed E-state index contributed by atoms with van der Waals surface area (Å²) in [6, 6.07) is 8.12. The quantitative estimate of drug-likeness (QED) is 0.890. The molecule has 1 aromatic carbocycles. The Morgan fingerprint density at radius 3 is 2.63 bits per heavy atom. The molecule has 0 amide bonds. The van der Waals surface area contributed by atoms with E-state index in [1.165, 1.54) is 5.56 Å². The minimum absolute atomic E-state index is 0.0709. The highest BCUT2D eigenvalue weighted by Gasteiger charge is 2.28. The summed E-state index contributed by atoms with van der Waals surface area (Å²) in [5.41, 5.74) is 1.20. The van der Waals surface area contributed by atoms with E-state index in [4.69, 9.17) is 4.74 Å². The fourth-order valence-electron chi connectivity index (χ4n) is 2.23. The van der Waals surface area contributed by atoms with Gasteiger partial charge in [-0.15, -0.1) is 0 Å². The van der Waals surface area contributed by atoms with Gasteiger partial charge >= 0.3 is 0 Å². The Hall–Kier alpha value is -1.07. The largest absolute Gasteiger partial charge is 0.492 e. The Kier molecular flexibility index (Phi) is 4.47. The number of hydrogen-bond acceptors (Lipinski definition) is 4. The van der Waals surface area contributed by atoms with Crippen LogP contribution in [0.15, 0.2) is 24.3 Å². The standard InChI is InChI=1S/C14H21NO3S/c1-11-3-5-14(6-4-11)18-9-12(2)15-13-7-8-19(16,17)10-13/h3-6,12-13,15H,7-10H2,1-2H3. The highest BCUT2D eigenvalue weighted by Crippen LogP contribution is 2.13. The van der Waals surface area contributed by atoms with Gasteiger partial charge < -0.3 is 10.1 Å². The van der Waals surface area contributed by atoms with Crippen molar-refractivity contribution >= 4 is 9.84 Å². The summed E-state index contributed by atoms with van der Waals surface area (Å²) < 4.78 is 28.4. The summed E-state index contributed by atoms with van der Waals surface area (Å²) in [6.07, 6.45) is 0.706. The second-order valence-corrected chi connectivity index (χ2v) is 7.52. The fraction of sp³-hybridized carbons (Fsp3) is 0.571. The fourth-order valence-corrected chi connectivity index (χ4v) is 3.92. The summed E-state index contributed by atoms with van der Waals surface area (Å²) in [6.45, 7) is 4.59. The summed E-state index contributed by atoms with van der Waals surface area (Å²) >= 11 is 0. The molecule has 1 saturated heterocycles. The molecule has 1 aliphatic heterocycles. The molecule has 1 fully saturated rings. The Balaban J connectivity index is 1.76. The van der Waals surface area contributed by atoms with Gasteiger partial charge in [-0.3, -0.25) is 0 Å². The highest BCUT2D eigenvalue weighted by atomic mass is 32.2. The van der Waals surface area contributed by atoms with Crippen LogP contribution in [-0.4, -0.2) is 38.6 Å². The van der Waals surface area contributed by atoms with Crippen molar-refractivity contribution in [2.45, 2.75) is 32.4 Å². The molecule has 5 heteroatoms. The van der Waals surface area contributed by atoms with E-state index < -0.39 is 9.84 Å². The van der Waals surface area contributed by atoms with E-state index in [1.54, 1.807) is 0 Å². The van der Waals surface area contributed by atoms with Crippen molar-refractivity contribution in [3.63, 3.8) is 0 Å². The summed E-state index contributed by atoms with van der Waals surface area (Å²) in [5, 5.41) is 3.31. The predicted molar refractivity (Wildman–Crippen MR) is 76.3 cm³/mol. The average molecular weight is 283 g/mol. The third-order valence-electron chi connectivity index (χ3n) is 3.27. The molecule has 0 saturated carbocycles. The van der Waals surface area contributed by atoms with E-state index in [0.29, 0.717) is 18.8 Å². The number of aryl methyl sites for hydroxylation is 1. The van der Waals surface area contributed by atoms with Gasteiger partial charge in [-0.25, -0.2) is 8.42 Å². The molecular formula is C14H21NO3S. The molecule has 2 atom stereocenters. The topological polar surface area (TPSA) is 55.4 Å². The highest BCUT2D eigenvalue weighted by molar-refractivity contribution is 7.91. The number of rotatable bonds is 5. The van der Waals surface area contributed by atoms with Crippen LogP contribution in [0.5, 0.6) is 5.75 Å². The van der Waals surface area contributed by atoms with Crippen LogP contribution in [-0.2, 0) is 9.84 Å². The van der Waals surface area contributed by atoms with Crippen molar-refractivity contribution in [2.24, 2.45) is 0 Å². The van der Waals surface area contributed by atoms with E-state index >= 15 is 0 Å². The maximum atomic E-state index is 11.4. The van der Waals surface area contributed by atoms with Gasteiger partial charge in [0.2, 0.25) is 0 Å². The van der Waals surface area contributed by atoms with E-state index in [-0.39, 0.29) is 17.8 Å². The molecule has 2 rings (SSSR count). The molecule has 0 spiro atoms. The maximum Gasteiger partial charge on any atom is 0.151 e. The lowest BCUT2D eigenvalue weighted by atomic mass is 10.2. The molecular weight excluding hydrogens is 262 g/mol. The van der Waals surface area contributed by atoms with Crippen molar-refractivity contribution in [2.75, 3.05) is 18.1 Å². The van der Waals surface area contributed by atoms with Crippen molar-refractivity contribution < 1.29 is 13.2 Å². The lowest BCUT2D eigenvalue weighted by Crippen LogP contribution is -2.40. The van der Waals surface area contributed by atoms with E-state index in [2.05, 4.69) is 5.32 Å². The molecule has 4 nitrogen and oxygen atoms in total. The van der Waals surface area contributed by atoms with Crippen molar-refractivity contribution in [1.82, 2.24) is 5.32 Å². The molecule has 2 unspecified atom stereocenters. The minimum atomic E-state index is -2.82.